The minimum atomic E-state index is -1.05. The van der Waals surface area contributed by atoms with E-state index in [4.69, 9.17) is 16.3 Å². The summed E-state index contributed by atoms with van der Waals surface area (Å²) in [6.07, 6.45) is -1.05. The molecule has 0 spiro atoms. The molecule has 1 aliphatic rings. The van der Waals surface area contributed by atoms with E-state index in [0.29, 0.717) is 12.2 Å². The van der Waals surface area contributed by atoms with Gasteiger partial charge in [-0.3, -0.25) is 0 Å². The van der Waals surface area contributed by atoms with Crippen molar-refractivity contribution < 1.29 is 14.2 Å². The maximum absolute atomic E-state index is 14.0. The molecule has 3 rings (SSSR count). The summed E-state index contributed by atoms with van der Waals surface area (Å²) in [5.41, 5.74) is 1.73. The van der Waals surface area contributed by atoms with Crippen molar-refractivity contribution in [1.29, 1.82) is 0 Å². The third kappa shape index (κ3) is 2.41. The minimum Gasteiger partial charge on any atom is -0.492 e. The number of benzene rings is 2. The van der Waals surface area contributed by atoms with Gasteiger partial charge in [0.1, 0.15) is 17.7 Å². The van der Waals surface area contributed by atoms with Gasteiger partial charge < -0.3 is 9.84 Å². The van der Waals surface area contributed by atoms with Crippen LogP contribution in [0.3, 0.4) is 0 Å². The van der Waals surface area contributed by atoms with Gasteiger partial charge in [0.25, 0.3) is 0 Å². The molecule has 1 atom stereocenters. The molecule has 4 heteroatoms. The second-order valence-corrected chi connectivity index (χ2v) is 6.38. The molecule has 0 amide bonds. The molecule has 21 heavy (non-hydrogen) atoms. The van der Waals surface area contributed by atoms with Crippen molar-refractivity contribution in [1.82, 2.24) is 0 Å². The van der Waals surface area contributed by atoms with E-state index in [-0.39, 0.29) is 16.0 Å². The van der Waals surface area contributed by atoms with Gasteiger partial charge in [0.15, 0.2) is 0 Å². The number of ether oxygens (including phenoxy) is 1. The topological polar surface area (TPSA) is 29.5 Å². The number of fused-ring (bicyclic) bond motifs is 1. The number of aliphatic hydroxyl groups is 1. The standard InChI is InChI=1S/C17H16ClFO2/c1-17(2)9-21-14-7-6-10(8-12(14)17)16(20)11-4-3-5-13(18)15(11)19/h3-8,16,20H,9H2,1-2H3. The quantitative estimate of drug-likeness (QED) is 0.899. The van der Waals surface area contributed by atoms with Crippen LogP contribution in [-0.4, -0.2) is 11.7 Å². The summed E-state index contributed by atoms with van der Waals surface area (Å²) >= 11 is 5.78. The zero-order valence-corrected chi connectivity index (χ0v) is 12.6. The smallest absolute Gasteiger partial charge is 0.147 e. The van der Waals surface area contributed by atoms with Crippen LogP contribution in [0.1, 0.15) is 36.6 Å². The van der Waals surface area contributed by atoms with Crippen LogP contribution in [0.15, 0.2) is 36.4 Å². The lowest BCUT2D eigenvalue weighted by molar-refractivity contribution is 0.215. The van der Waals surface area contributed by atoms with E-state index < -0.39 is 11.9 Å². The van der Waals surface area contributed by atoms with Crippen molar-refractivity contribution in [2.75, 3.05) is 6.61 Å². The first-order chi connectivity index (χ1) is 9.90. The lowest BCUT2D eigenvalue weighted by Crippen LogP contribution is -2.18. The van der Waals surface area contributed by atoms with Gasteiger partial charge in [-0.2, -0.15) is 0 Å². The summed E-state index contributed by atoms with van der Waals surface area (Å²) < 4.78 is 19.7. The molecule has 0 radical (unpaired) electrons. The summed E-state index contributed by atoms with van der Waals surface area (Å²) in [5, 5.41) is 10.5. The Kier molecular flexibility index (Phi) is 3.42. The van der Waals surface area contributed by atoms with Crippen molar-refractivity contribution in [2.24, 2.45) is 0 Å². The highest BCUT2D eigenvalue weighted by Gasteiger charge is 2.32. The Labute approximate surface area is 128 Å². The number of rotatable bonds is 2. The fraction of sp³-hybridized carbons (Fsp3) is 0.294. The fourth-order valence-corrected chi connectivity index (χ4v) is 2.80. The Morgan fingerprint density at radius 3 is 2.81 bits per heavy atom. The van der Waals surface area contributed by atoms with Gasteiger partial charge in [-0.15, -0.1) is 0 Å². The molecule has 0 aromatic heterocycles. The van der Waals surface area contributed by atoms with Crippen LogP contribution in [0, 0.1) is 5.82 Å². The molecule has 0 saturated heterocycles. The lowest BCUT2D eigenvalue weighted by Gasteiger charge is -2.18. The molecule has 2 aromatic rings. The van der Waals surface area contributed by atoms with E-state index in [1.807, 2.05) is 12.1 Å². The summed E-state index contributed by atoms with van der Waals surface area (Å²) in [6, 6.07) is 10.1. The van der Waals surface area contributed by atoms with Gasteiger partial charge >= 0.3 is 0 Å². The Balaban J connectivity index is 2.03. The molecule has 1 unspecified atom stereocenters. The van der Waals surface area contributed by atoms with Crippen molar-refractivity contribution in [2.45, 2.75) is 25.4 Å². The molecule has 0 saturated carbocycles. The van der Waals surface area contributed by atoms with Crippen LogP contribution >= 0.6 is 11.6 Å². The third-order valence-corrected chi connectivity index (χ3v) is 4.20. The van der Waals surface area contributed by atoms with E-state index in [1.165, 1.54) is 6.07 Å². The Morgan fingerprint density at radius 2 is 2.05 bits per heavy atom. The summed E-state index contributed by atoms with van der Waals surface area (Å²) in [4.78, 5) is 0. The van der Waals surface area contributed by atoms with Crippen LogP contribution in [0.25, 0.3) is 0 Å². The van der Waals surface area contributed by atoms with Crippen molar-refractivity contribution >= 4 is 11.6 Å². The molecular weight excluding hydrogens is 291 g/mol. The maximum atomic E-state index is 14.0. The highest BCUT2D eigenvalue weighted by molar-refractivity contribution is 6.30. The molecule has 0 bridgehead atoms. The van der Waals surface area contributed by atoms with E-state index >= 15 is 0 Å². The molecular formula is C17H16ClFO2. The van der Waals surface area contributed by atoms with Crippen molar-refractivity contribution in [3.8, 4) is 5.75 Å². The average molecular weight is 307 g/mol. The number of halogens is 2. The second-order valence-electron chi connectivity index (χ2n) is 5.97. The fourth-order valence-electron chi connectivity index (χ4n) is 2.62. The van der Waals surface area contributed by atoms with E-state index in [0.717, 1.165) is 11.3 Å². The molecule has 2 aromatic carbocycles. The van der Waals surface area contributed by atoms with Crippen LogP contribution < -0.4 is 4.74 Å². The molecule has 2 nitrogen and oxygen atoms in total. The first kappa shape index (κ1) is 14.4. The molecule has 1 N–H and O–H groups in total. The predicted octanol–water partition coefficient (Wildman–Crippen LogP) is 4.23. The molecule has 110 valence electrons. The van der Waals surface area contributed by atoms with Gasteiger partial charge in [0.2, 0.25) is 0 Å². The zero-order valence-electron chi connectivity index (χ0n) is 11.9. The summed E-state index contributed by atoms with van der Waals surface area (Å²) in [5.74, 6) is 0.241. The van der Waals surface area contributed by atoms with E-state index in [1.54, 1.807) is 18.2 Å². The lowest BCUT2D eigenvalue weighted by atomic mass is 9.85. The second kappa shape index (κ2) is 5.00. The average Bonchev–Trinajstić information content (AvgIpc) is 2.76. The van der Waals surface area contributed by atoms with E-state index in [9.17, 15) is 9.50 Å². The van der Waals surface area contributed by atoms with Crippen molar-refractivity contribution in [3.63, 3.8) is 0 Å². The third-order valence-electron chi connectivity index (χ3n) is 3.91. The van der Waals surface area contributed by atoms with Gasteiger partial charge in [-0.05, 0) is 23.8 Å². The summed E-state index contributed by atoms with van der Waals surface area (Å²) in [7, 11) is 0. The normalized spacial score (nSPS) is 17.2. The molecule has 1 aliphatic heterocycles. The van der Waals surface area contributed by atoms with Crippen molar-refractivity contribution in [3.05, 3.63) is 63.9 Å². The van der Waals surface area contributed by atoms with Gasteiger partial charge in [-0.25, -0.2) is 4.39 Å². The highest BCUT2D eigenvalue weighted by atomic mass is 35.5. The van der Waals surface area contributed by atoms with Gasteiger partial charge in [0, 0.05) is 16.5 Å². The van der Waals surface area contributed by atoms with Crippen LogP contribution in [0.2, 0.25) is 5.02 Å². The Morgan fingerprint density at radius 1 is 1.29 bits per heavy atom. The monoisotopic (exact) mass is 306 g/mol. The first-order valence-corrected chi connectivity index (χ1v) is 7.17. The largest absolute Gasteiger partial charge is 0.492 e. The Bertz CT molecular complexity index is 697. The number of hydrogen-bond acceptors (Lipinski definition) is 2. The number of hydrogen-bond donors (Lipinski definition) is 1. The minimum absolute atomic E-state index is 0.0105. The molecule has 0 fully saturated rings. The zero-order chi connectivity index (χ0) is 15.2. The van der Waals surface area contributed by atoms with Gasteiger partial charge in [0.05, 0.1) is 11.6 Å². The predicted molar refractivity (Wildman–Crippen MR) is 80.4 cm³/mol. The van der Waals surface area contributed by atoms with E-state index in [2.05, 4.69) is 13.8 Å². The molecule has 1 heterocycles. The van der Waals surface area contributed by atoms with Crippen LogP contribution in [0.5, 0.6) is 5.75 Å². The maximum Gasteiger partial charge on any atom is 0.147 e. The first-order valence-electron chi connectivity index (χ1n) is 6.79. The van der Waals surface area contributed by atoms with Crippen LogP contribution in [-0.2, 0) is 5.41 Å². The Hall–Kier alpha value is -1.58. The highest BCUT2D eigenvalue weighted by Crippen LogP contribution is 2.40. The molecule has 0 aliphatic carbocycles. The SMILES string of the molecule is CC1(C)COc2ccc(C(O)c3cccc(Cl)c3F)cc21. The number of aliphatic hydroxyl groups excluding tert-OH is 1. The van der Waals surface area contributed by atoms with Gasteiger partial charge in [-0.1, -0.05) is 43.6 Å². The summed E-state index contributed by atoms with van der Waals surface area (Å²) in [6.45, 7) is 4.76. The van der Waals surface area contributed by atoms with Crippen LogP contribution in [0.4, 0.5) is 4.39 Å².